The summed E-state index contributed by atoms with van der Waals surface area (Å²) in [4.78, 5) is 12.2. The largest absolute Gasteiger partial charge is 0.469 e. The second-order valence-corrected chi connectivity index (χ2v) is 7.00. The van der Waals surface area contributed by atoms with E-state index < -0.39 is 0 Å². The van der Waals surface area contributed by atoms with Crippen molar-refractivity contribution in [1.82, 2.24) is 0 Å². The third-order valence-electron chi connectivity index (χ3n) is 4.98. The third-order valence-corrected chi connectivity index (χ3v) is 4.98. The highest BCUT2D eigenvalue weighted by Crippen LogP contribution is 2.58. The minimum Gasteiger partial charge on any atom is -0.469 e. The molecule has 2 heteroatoms. The Morgan fingerprint density at radius 3 is 1.82 bits per heavy atom. The normalized spacial score (nSPS) is 15.1. The van der Waals surface area contributed by atoms with Crippen molar-refractivity contribution in [2.75, 3.05) is 7.11 Å². The smallest absolute Gasteiger partial charge is 0.306 e. The first-order valence-corrected chi connectivity index (χ1v) is 7.68. The molecule has 0 aliphatic heterocycles. The zero-order valence-electron chi connectivity index (χ0n) is 13.6. The van der Waals surface area contributed by atoms with Gasteiger partial charge in [0.25, 0.3) is 0 Å². The highest BCUT2D eigenvalue weighted by molar-refractivity contribution is 5.85. The first-order chi connectivity index (χ1) is 10.4. The van der Waals surface area contributed by atoms with Crippen LogP contribution in [0.4, 0.5) is 0 Å². The lowest BCUT2D eigenvalue weighted by Gasteiger charge is -2.43. The number of fused-ring (bicyclic) bond motifs is 3. The molecule has 0 saturated heterocycles. The molecule has 0 spiro atoms. The average molecular weight is 294 g/mol. The average Bonchev–Trinajstić information content (AvgIpc) is 2.79. The van der Waals surface area contributed by atoms with Gasteiger partial charge in [0, 0.05) is 5.41 Å². The number of benzene rings is 2. The number of hydrogen-bond donors (Lipinski definition) is 0. The van der Waals surface area contributed by atoms with Gasteiger partial charge in [-0.2, -0.15) is 0 Å². The Hall–Kier alpha value is -2.09. The molecule has 0 radical (unpaired) electrons. The maximum Gasteiger partial charge on any atom is 0.306 e. The fourth-order valence-electron chi connectivity index (χ4n) is 3.88. The summed E-state index contributed by atoms with van der Waals surface area (Å²) >= 11 is 0. The molecule has 1 aliphatic carbocycles. The summed E-state index contributed by atoms with van der Waals surface area (Å²) in [7, 11) is 1.46. The van der Waals surface area contributed by atoms with Gasteiger partial charge in [-0.05, 0) is 27.7 Å². The zero-order chi connectivity index (χ0) is 16.0. The second kappa shape index (κ2) is 4.98. The lowest BCUT2D eigenvalue weighted by atomic mass is 9.59. The van der Waals surface area contributed by atoms with E-state index in [1.807, 2.05) is 0 Å². The molecule has 2 nitrogen and oxygen atoms in total. The summed E-state index contributed by atoms with van der Waals surface area (Å²) in [6, 6.07) is 16.9. The number of hydrogen-bond acceptors (Lipinski definition) is 2. The van der Waals surface area contributed by atoms with Crippen molar-refractivity contribution in [2.24, 2.45) is 5.41 Å². The van der Waals surface area contributed by atoms with Gasteiger partial charge in [0.1, 0.15) is 0 Å². The Labute approximate surface area is 132 Å². The summed E-state index contributed by atoms with van der Waals surface area (Å²) in [5.41, 5.74) is 4.47. The van der Waals surface area contributed by atoms with Gasteiger partial charge >= 0.3 is 5.97 Å². The van der Waals surface area contributed by atoms with E-state index in [0.717, 1.165) is 0 Å². The molecule has 0 atom stereocenters. The van der Waals surface area contributed by atoms with Gasteiger partial charge in [-0.25, -0.2) is 0 Å². The van der Waals surface area contributed by atoms with E-state index in [1.54, 1.807) is 0 Å². The molecule has 22 heavy (non-hydrogen) atoms. The van der Waals surface area contributed by atoms with Gasteiger partial charge in [0.15, 0.2) is 0 Å². The lowest BCUT2D eigenvalue weighted by molar-refractivity contribution is -0.142. The van der Waals surface area contributed by atoms with Crippen molar-refractivity contribution < 1.29 is 9.53 Å². The standard InChI is InChI=1S/C20H22O2/c1-19(2,3)20(13-18(21)22-4)16-11-7-5-9-14(16)15-10-6-8-12-17(15)20/h5-12H,13H2,1-4H3. The van der Waals surface area contributed by atoms with Crippen LogP contribution >= 0.6 is 0 Å². The number of esters is 1. The molecule has 1 aliphatic rings. The van der Waals surface area contributed by atoms with E-state index in [2.05, 4.69) is 69.3 Å². The van der Waals surface area contributed by atoms with E-state index in [-0.39, 0.29) is 16.8 Å². The zero-order valence-corrected chi connectivity index (χ0v) is 13.6. The number of carbonyl (C=O) groups is 1. The van der Waals surface area contributed by atoms with E-state index in [9.17, 15) is 4.79 Å². The van der Waals surface area contributed by atoms with Crippen LogP contribution in [0, 0.1) is 5.41 Å². The monoisotopic (exact) mass is 294 g/mol. The van der Waals surface area contributed by atoms with Gasteiger partial charge in [0.2, 0.25) is 0 Å². The maximum atomic E-state index is 12.2. The summed E-state index contributed by atoms with van der Waals surface area (Å²) in [5, 5.41) is 0. The lowest BCUT2D eigenvalue weighted by Crippen LogP contribution is -2.41. The Bertz CT molecular complexity index is 677. The van der Waals surface area contributed by atoms with Gasteiger partial charge in [0.05, 0.1) is 13.5 Å². The highest BCUT2D eigenvalue weighted by atomic mass is 16.5. The first-order valence-electron chi connectivity index (χ1n) is 7.68. The molecule has 0 saturated carbocycles. The second-order valence-electron chi connectivity index (χ2n) is 7.00. The van der Waals surface area contributed by atoms with Crippen molar-refractivity contribution in [1.29, 1.82) is 0 Å². The van der Waals surface area contributed by atoms with Gasteiger partial charge < -0.3 is 4.74 Å². The fraction of sp³-hybridized carbons (Fsp3) is 0.350. The molecule has 0 N–H and O–H groups in total. The van der Waals surface area contributed by atoms with Crippen molar-refractivity contribution in [3.63, 3.8) is 0 Å². The van der Waals surface area contributed by atoms with E-state index in [4.69, 9.17) is 4.74 Å². The van der Waals surface area contributed by atoms with Gasteiger partial charge in [-0.15, -0.1) is 0 Å². The summed E-state index contributed by atoms with van der Waals surface area (Å²) in [6.45, 7) is 6.61. The SMILES string of the molecule is COC(=O)CC1(C(C)(C)C)c2ccccc2-c2ccccc21. The summed E-state index contributed by atoms with van der Waals surface area (Å²) in [5.74, 6) is -0.165. The molecule has 2 aromatic carbocycles. The van der Waals surface area contributed by atoms with Crippen LogP contribution in [0.5, 0.6) is 0 Å². The van der Waals surface area contributed by atoms with Crippen LogP contribution < -0.4 is 0 Å². The number of rotatable bonds is 2. The van der Waals surface area contributed by atoms with Crippen molar-refractivity contribution in [2.45, 2.75) is 32.6 Å². The molecule has 0 fully saturated rings. The Morgan fingerprint density at radius 2 is 1.41 bits per heavy atom. The fourth-order valence-corrected chi connectivity index (χ4v) is 3.88. The van der Waals surface area contributed by atoms with E-state index >= 15 is 0 Å². The maximum absolute atomic E-state index is 12.2. The molecule has 0 aromatic heterocycles. The molecule has 0 bridgehead atoms. The molecular formula is C20H22O2. The minimum absolute atomic E-state index is 0.107. The topological polar surface area (TPSA) is 26.3 Å². The van der Waals surface area contributed by atoms with E-state index in [1.165, 1.54) is 29.4 Å². The van der Waals surface area contributed by atoms with Crippen molar-refractivity contribution >= 4 is 5.97 Å². The molecule has 3 rings (SSSR count). The highest BCUT2D eigenvalue weighted by Gasteiger charge is 2.52. The minimum atomic E-state index is -0.354. The molecule has 0 amide bonds. The third kappa shape index (κ3) is 1.90. The predicted octanol–water partition coefficient (Wildman–Crippen LogP) is 4.56. The summed E-state index contributed by atoms with van der Waals surface area (Å²) < 4.78 is 5.02. The van der Waals surface area contributed by atoms with Crippen LogP contribution in [-0.4, -0.2) is 13.1 Å². The number of methoxy groups -OCH3 is 1. The molecule has 114 valence electrons. The first kappa shape index (κ1) is 14.8. The van der Waals surface area contributed by atoms with Crippen LogP contribution in [0.2, 0.25) is 0 Å². The van der Waals surface area contributed by atoms with Crippen LogP contribution in [-0.2, 0) is 14.9 Å². The Balaban J connectivity index is 2.36. The van der Waals surface area contributed by atoms with Crippen LogP contribution in [0.25, 0.3) is 11.1 Å². The molecule has 2 aromatic rings. The van der Waals surface area contributed by atoms with E-state index in [0.29, 0.717) is 6.42 Å². The number of carbonyl (C=O) groups excluding carboxylic acids is 1. The predicted molar refractivity (Wildman–Crippen MR) is 88.7 cm³/mol. The van der Waals surface area contributed by atoms with Crippen molar-refractivity contribution in [3.8, 4) is 11.1 Å². The number of ether oxygens (including phenoxy) is 1. The van der Waals surface area contributed by atoms with Gasteiger partial charge in [-0.3, -0.25) is 4.79 Å². The molecule has 0 unspecified atom stereocenters. The Kier molecular flexibility index (Phi) is 3.36. The quantitative estimate of drug-likeness (QED) is 0.759. The molecule has 0 heterocycles. The molecular weight excluding hydrogens is 272 g/mol. The summed E-state index contributed by atoms with van der Waals surface area (Å²) in [6.07, 6.45) is 0.362. The van der Waals surface area contributed by atoms with Crippen molar-refractivity contribution in [3.05, 3.63) is 59.7 Å². The Morgan fingerprint density at radius 1 is 0.955 bits per heavy atom. The van der Waals surface area contributed by atoms with Crippen LogP contribution in [0.1, 0.15) is 38.3 Å². The van der Waals surface area contributed by atoms with Crippen LogP contribution in [0.3, 0.4) is 0 Å². The van der Waals surface area contributed by atoms with Crippen LogP contribution in [0.15, 0.2) is 48.5 Å². The van der Waals surface area contributed by atoms with Gasteiger partial charge in [-0.1, -0.05) is 69.3 Å².